The van der Waals surface area contributed by atoms with E-state index in [1.165, 1.54) is 44.3 Å². The summed E-state index contributed by atoms with van der Waals surface area (Å²) in [6.45, 7) is 0.818. The number of benzene rings is 1. The summed E-state index contributed by atoms with van der Waals surface area (Å²) >= 11 is 0. The standard InChI is InChI=1S/C27H29N5O8/c1-16(35)9-19-11-18(7-8-28-19)26(39)30-21-12-31(25(38)15-34)22-5-3-4-6-23(22)32(27(21)40)13-24(37)29-20(14-33)10-17(2)36/h3-8,11,14,20-21,34H,9-10,12-13,15H2,1-2H3,(H,29,37)(H,30,39)/t20-,21-/m0/s1. The molecular formula is C27H29N5O8. The van der Waals surface area contributed by atoms with Crippen molar-refractivity contribution < 1.29 is 38.7 Å². The van der Waals surface area contributed by atoms with Gasteiger partial charge in [0.05, 0.1) is 24.0 Å². The number of pyridine rings is 1. The third-order valence-electron chi connectivity index (χ3n) is 5.96. The summed E-state index contributed by atoms with van der Waals surface area (Å²) < 4.78 is 0. The van der Waals surface area contributed by atoms with Crippen molar-refractivity contribution in [3.63, 3.8) is 0 Å². The number of hydrogen-bond donors (Lipinski definition) is 3. The predicted octanol–water partition coefficient (Wildman–Crippen LogP) is -0.654. The third-order valence-corrected chi connectivity index (χ3v) is 5.96. The van der Waals surface area contributed by atoms with Crippen LogP contribution in [0.4, 0.5) is 11.4 Å². The SMILES string of the molecule is CC(=O)Cc1cc(C(=O)N[C@H]2CN(C(=O)CO)c3ccccc3N(CC(=O)N[C@H](C=O)CC(C)=O)C2=O)ccn1. The Balaban J connectivity index is 1.95. The van der Waals surface area contributed by atoms with Gasteiger partial charge in [-0.15, -0.1) is 0 Å². The molecule has 13 heteroatoms. The number of aromatic nitrogens is 1. The van der Waals surface area contributed by atoms with E-state index in [4.69, 9.17) is 0 Å². The quantitative estimate of drug-likeness (QED) is 0.305. The number of aliphatic hydroxyl groups excluding tert-OH is 1. The molecule has 0 saturated heterocycles. The van der Waals surface area contributed by atoms with Crippen LogP contribution < -0.4 is 20.4 Å². The summed E-state index contributed by atoms with van der Waals surface area (Å²) in [6, 6.07) is 6.54. The molecule has 3 N–H and O–H groups in total. The molecule has 0 radical (unpaired) electrons. The second kappa shape index (κ2) is 13.3. The van der Waals surface area contributed by atoms with E-state index < -0.39 is 48.9 Å². The average Bonchev–Trinajstić information content (AvgIpc) is 3.02. The van der Waals surface area contributed by atoms with Crippen LogP contribution in [0.2, 0.25) is 0 Å². The Morgan fingerprint density at radius 3 is 2.42 bits per heavy atom. The number of anilines is 2. The highest BCUT2D eigenvalue weighted by Crippen LogP contribution is 2.33. The molecule has 0 spiro atoms. The van der Waals surface area contributed by atoms with Crippen LogP contribution in [0, 0.1) is 0 Å². The van der Waals surface area contributed by atoms with E-state index >= 15 is 0 Å². The zero-order chi connectivity index (χ0) is 29.4. The van der Waals surface area contributed by atoms with Crippen LogP contribution in [0.25, 0.3) is 0 Å². The molecule has 3 rings (SSSR count). The molecule has 2 heterocycles. The van der Waals surface area contributed by atoms with Crippen molar-refractivity contribution in [1.82, 2.24) is 15.6 Å². The minimum Gasteiger partial charge on any atom is -0.387 e. The number of rotatable bonds is 11. The number of carbonyl (C=O) groups excluding carboxylic acids is 7. The van der Waals surface area contributed by atoms with E-state index in [1.807, 2.05) is 0 Å². The average molecular weight is 552 g/mol. The molecule has 0 aliphatic carbocycles. The third kappa shape index (κ3) is 7.41. The van der Waals surface area contributed by atoms with Gasteiger partial charge >= 0.3 is 0 Å². The smallest absolute Gasteiger partial charge is 0.252 e. The monoisotopic (exact) mass is 551 g/mol. The minimum atomic E-state index is -1.35. The summed E-state index contributed by atoms with van der Waals surface area (Å²) in [5, 5.41) is 14.6. The van der Waals surface area contributed by atoms with Crippen LogP contribution in [-0.4, -0.2) is 83.4 Å². The number of aliphatic hydroxyl groups is 1. The van der Waals surface area contributed by atoms with Crippen LogP contribution in [0.3, 0.4) is 0 Å². The van der Waals surface area contributed by atoms with Gasteiger partial charge in [0.15, 0.2) is 0 Å². The number of nitrogens with zero attached hydrogens (tertiary/aromatic N) is 3. The molecule has 4 amide bonds. The predicted molar refractivity (Wildman–Crippen MR) is 141 cm³/mol. The second-order valence-corrected chi connectivity index (χ2v) is 9.23. The number of hydrogen-bond acceptors (Lipinski definition) is 9. The van der Waals surface area contributed by atoms with Gasteiger partial charge in [0.1, 0.15) is 37.0 Å². The number of nitrogens with one attached hydrogen (secondary N) is 2. The fourth-order valence-corrected chi connectivity index (χ4v) is 4.23. The van der Waals surface area contributed by atoms with Gasteiger partial charge < -0.3 is 25.4 Å². The van der Waals surface area contributed by atoms with Crippen LogP contribution >= 0.6 is 0 Å². The molecule has 1 aromatic carbocycles. The van der Waals surface area contributed by atoms with Gasteiger partial charge in [0.2, 0.25) is 5.91 Å². The number of aldehydes is 1. The topological polar surface area (TPSA) is 183 Å². The summed E-state index contributed by atoms with van der Waals surface area (Å²) in [7, 11) is 0. The van der Waals surface area contributed by atoms with Crippen LogP contribution in [0.5, 0.6) is 0 Å². The molecule has 0 unspecified atom stereocenters. The Labute approximate surface area is 229 Å². The van der Waals surface area contributed by atoms with Gasteiger partial charge in [-0.3, -0.25) is 38.7 Å². The molecule has 2 atom stereocenters. The number of fused-ring (bicyclic) bond motifs is 1. The summed E-state index contributed by atoms with van der Waals surface area (Å²) in [4.78, 5) is 92.9. The van der Waals surface area contributed by atoms with Gasteiger partial charge in [-0.1, -0.05) is 12.1 Å². The molecule has 40 heavy (non-hydrogen) atoms. The van der Waals surface area contributed by atoms with Crippen LogP contribution in [0.15, 0.2) is 42.6 Å². The highest BCUT2D eigenvalue weighted by atomic mass is 16.3. The zero-order valence-electron chi connectivity index (χ0n) is 22.0. The fraction of sp³-hybridized carbons (Fsp3) is 0.333. The summed E-state index contributed by atoms with van der Waals surface area (Å²) in [6.07, 6.45) is 1.54. The highest BCUT2D eigenvalue weighted by Gasteiger charge is 2.37. The highest BCUT2D eigenvalue weighted by molar-refractivity contribution is 6.11. The Morgan fingerprint density at radius 2 is 1.80 bits per heavy atom. The van der Waals surface area contributed by atoms with Gasteiger partial charge in [0.25, 0.3) is 17.7 Å². The number of carbonyl (C=O) groups is 7. The van der Waals surface area contributed by atoms with Gasteiger partial charge in [0, 0.05) is 30.3 Å². The van der Waals surface area contributed by atoms with E-state index in [1.54, 1.807) is 12.1 Å². The number of amides is 4. The van der Waals surface area contributed by atoms with E-state index in [9.17, 15) is 38.7 Å². The molecule has 2 aromatic rings. The lowest BCUT2D eigenvalue weighted by molar-refractivity contribution is -0.127. The molecule has 210 valence electrons. The van der Waals surface area contributed by atoms with E-state index in [0.717, 1.165) is 9.80 Å². The summed E-state index contributed by atoms with van der Waals surface area (Å²) in [5.41, 5.74) is 0.833. The molecule has 0 bridgehead atoms. The molecule has 13 nitrogen and oxygen atoms in total. The molecule has 1 aromatic heterocycles. The first-order valence-electron chi connectivity index (χ1n) is 12.3. The number of Topliss-reactive ketones (excluding diaryl/α,β-unsaturated/α-hetero) is 2. The van der Waals surface area contributed by atoms with Gasteiger partial charge in [-0.2, -0.15) is 0 Å². The largest absolute Gasteiger partial charge is 0.387 e. The maximum Gasteiger partial charge on any atom is 0.252 e. The lowest BCUT2D eigenvalue weighted by Gasteiger charge is -2.25. The molecular weight excluding hydrogens is 522 g/mol. The van der Waals surface area contributed by atoms with E-state index in [0.29, 0.717) is 12.0 Å². The summed E-state index contributed by atoms with van der Waals surface area (Å²) in [5.74, 6) is -3.42. The van der Waals surface area contributed by atoms with Crippen molar-refractivity contribution in [2.24, 2.45) is 0 Å². The Hall–Kier alpha value is -4.78. The Bertz CT molecular complexity index is 1340. The van der Waals surface area contributed by atoms with Crippen molar-refractivity contribution in [2.75, 3.05) is 29.5 Å². The van der Waals surface area contributed by atoms with Gasteiger partial charge in [-0.05, 0) is 38.1 Å². The van der Waals surface area contributed by atoms with E-state index in [2.05, 4.69) is 15.6 Å². The van der Waals surface area contributed by atoms with Crippen LogP contribution in [0.1, 0.15) is 36.3 Å². The fourth-order valence-electron chi connectivity index (χ4n) is 4.23. The minimum absolute atomic E-state index is 0.00582. The number of para-hydroxylation sites is 2. The lowest BCUT2D eigenvalue weighted by Crippen LogP contribution is -2.55. The van der Waals surface area contributed by atoms with E-state index in [-0.39, 0.29) is 47.9 Å². The van der Waals surface area contributed by atoms with Crippen molar-refractivity contribution in [1.29, 1.82) is 0 Å². The lowest BCUT2D eigenvalue weighted by atomic mass is 10.1. The normalized spacial score (nSPS) is 15.4. The first-order valence-corrected chi connectivity index (χ1v) is 12.3. The molecule has 1 aliphatic rings. The van der Waals surface area contributed by atoms with Crippen LogP contribution in [-0.2, 0) is 35.2 Å². The first-order chi connectivity index (χ1) is 19.0. The maximum atomic E-state index is 13.8. The molecule has 1 aliphatic heterocycles. The zero-order valence-corrected chi connectivity index (χ0v) is 22.0. The second-order valence-electron chi connectivity index (χ2n) is 9.23. The Morgan fingerprint density at radius 1 is 1.10 bits per heavy atom. The van der Waals surface area contributed by atoms with Crippen molar-refractivity contribution in [2.45, 2.75) is 38.8 Å². The van der Waals surface area contributed by atoms with Crippen molar-refractivity contribution in [3.8, 4) is 0 Å². The molecule has 0 saturated carbocycles. The van der Waals surface area contributed by atoms with Gasteiger partial charge in [-0.25, -0.2) is 0 Å². The Kier molecular flexibility index (Phi) is 9.92. The number of ketones is 2. The molecule has 0 fully saturated rings. The maximum absolute atomic E-state index is 13.8. The first kappa shape index (κ1) is 29.8. The van der Waals surface area contributed by atoms with Crippen molar-refractivity contribution in [3.05, 3.63) is 53.9 Å². The van der Waals surface area contributed by atoms with Crippen molar-refractivity contribution >= 4 is 52.9 Å².